The molecule has 2 N–H and O–H groups in total. The zero-order valence-corrected chi connectivity index (χ0v) is 13.4. The predicted molar refractivity (Wildman–Crippen MR) is 85.7 cm³/mol. The number of hydroxylamine groups is 2. The van der Waals surface area contributed by atoms with Crippen molar-refractivity contribution in [2.75, 3.05) is 19.7 Å². The molecule has 22 heavy (non-hydrogen) atoms. The number of hydrogen-bond donors (Lipinski definition) is 2. The molecule has 1 aromatic rings. The number of rotatable bonds is 7. The number of unbranched alkanes of at least 4 members (excludes halogenated alkanes) is 1. The van der Waals surface area contributed by atoms with E-state index in [1.165, 1.54) is 0 Å². The van der Waals surface area contributed by atoms with Gasteiger partial charge >= 0.3 is 5.97 Å². The Kier molecular flexibility index (Phi) is 6.30. The molecule has 0 atom stereocenters. The minimum Gasteiger partial charge on any atom is -0.481 e. The standard InChI is InChI=1S/C14H17Cl2N3O3/c15-10-4-3-5-11(16)13(10)18-14-17-7-8-19(14)22-9-2-1-6-12(20)21/h3-5H,1-2,6-9H2,(H,17,18)(H,20,21). The first-order valence-corrected chi connectivity index (χ1v) is 7.72. The summed E-state index contributed by atoms with van der Waals surface area (Å²) >= 11 is 12.2. The number of para-hydroxylation sites is 1. The van der Waals surface area contributed by atoms with Gasteiger partial charge in [-0.1, -0.05) is 29.3 Å². The summed E-state index contributed by atoms with van der Waals surface area (Å²) in [6.45, 7) is 1.79. The molecular formula is C14H17Cl2N3O3. The second-order valence-corrected chi connectivity index (χ2v) is 5.53. The predicted octanol–water partition coefficient (Wildman–Crippen LogP) is 3.07. The summed E-state index contributed by atoms with van der Waals surface area (Å²) < 4.78 is 0. The van der Waals surface area contributed by atoms with Crippen molar-refractivity contribution < 1.29 is 14.7 Å². The molecule has 1 saturated heterocycles. The van der Waals surface area contributed by atoms with Gasteiger partial charge in [-0.3, -0.25) is 9.63 Å². The zero-order chi connectivity index (χ0) is 15.9. The molecule has 8 heteroatoms. The molecule has 0 aliphatic carbocycles. The van der Waals surface area contributed by atoms with Gasteiger partial charge < -0.3 is 10.4 Å². The Labute approximate surface area is 138 Å². The maximum absolute atomic E-state index is 10.4. The van der Waals surface area contributed by atoms with Gasteiger partial charge in [0.25, 0.3) is 0 Å². The molecule has 120 valence electrons. The third kappa shape index (κ3) is 4.76. The SMILES string of the molecule is O=C(O)CCCCON1CCN/C1=N\c1c(Cl)cccc1Cl. The lowest BCUT2D eigenvalue weighted by Gasteiger charge is -2.17. The lowest BCUT2D eigenvalue weighted by molar-refractivity contribution is -0.137. The highest BCUT2D eigenvalue weighted by molar-refractivity contribution is 6.38. The monoisotopic (exact) mass is 345 g/mol. The van der Waals surface area contributed by atoms with E-state index in [0.717, 1.165) is 0 Å². The molecule has 0 unspecified atom stereocenters. The van der Waals surface area contributed by atoms with Crippen molar-refractivity contribution in [3.05, 3.63) is 28.2 Å². The van der Waals surface area contributed by atoms with Crippen LogP contribution >= 0.6 is 23.2 Å². The van der Waals surface area contributed by atoms with E-state index < -0.39 is 5.97 Å². The Balaban J connectivity index is 1.93. The average molecular weight is 346 g/mol. The summed E-state index contributed by atoms with van der Waals surface area (Å²) in [5.41, 5.74) is 0.495. The third-order valence-electron chi connectivity index (χ3n) is 3.02. The van der Waals surface area contributed by atoms with Crippen LogP contribution in [0.2, 0.25) is 10.0 Å². The van der Waals surface area contributed by atoms with E-state index in [1.54, 1.807) is 23.3 Å². The van der Waals surface area contributed by atoms with Crippen LogP contribution in [0.15, 0.2) is 23.2 Å². The van der Waals surface area contributed by atoms with Gasteiger partial charge in [-0.15, -0.1) is 0 Å². The Morgan fingerprint density at radius 3 is 2.77 bits per heavy atom. The van der Waals surface area contributed by atoms with E-state index in [2.05, 4.69) is 10.3 Å². The molecular weight excluding hydrogens is 329 g/mol. The van der Waals surface area contributed by atoms with E-state index in [9.17, 15) is 4.79 Å². The van der Waals surface area contributed by atoms with E-state index >= 15 is 0 Å². The molecule has 1 heterocycles. The van der Waals surface area contributed by atoms with Crippen molar-refractivity contribution in [1.29, 1.82) is 0 Å². The molecule has 0 bridgehead atoms. The number of guanidine groups is 1. The highest BCUT2D eigenvalue weighted by Gasteiger charge is 2.20. The number of nitrogens with one attached hydrogen (secondary N) is 1. The molecule has 0 radical (unpaired) electrons. The van der Waals surface area contributed by atoms with Crippen LogP contribution in [0.1, 0.15) is 19.3 Å². The van der Waals surface area contributed by atoms with Gasteiger partial charge in [-0.25, -0.2) is 10.1 Å². The zero-order valence-electron chi connectivity index (χ0n) is 11.9. The van der Waals surface area contributed by atoms with Crippen LogP contribution in [-0.2, 0) is 9.63 Å². The second-order valence-electron chi connectivity index (χ2n) is 4.72. The Morgan fingerprint density at radius 2 is 2.09 bits per heavy atom. The third-order valence-corrected chi connectivity index (χ3v) is 3.63. The number of carbonyl (C=O) groups is 1. The summed E-state index contributed by atoms with van der Waals surface area (Å²) in [6.07, 6.45) is 1.40. The Hall–Kier alpha value is -1.50. The minimum atomic E-state index is -0.793. The van der Waals surface area contributed by atoms with E-state index in [4.69, 9.17) is 33.1 Å². The van der Waals surface area contributed by atoms with Gasteiger partial charge in [0.05, 0.1) is 23.2 Å². The first-order chi connectivity index (χ1) is 10.6. The number of aliphatic carboxylic acids is 1. The largest absolute Gasteiger partial charge is 0.481 e. The number of carboxylic acids is 1. The molecule has 1 aliphatic heterocycles. The van der Waals surface area contributed by atoms with E-state index in [1.807, 2.05) is 0 Å². The molecule has 0 aromatic heterocycles. The van der Waals surface area contributed by atoms with Gasteiger partial charge in [0.15, 0.2) is 0 Å². The summed E-state index contributed by atoms with van der Waals surface area (Å²) in [5, 5.41) is 14.3. The van der Waals surface area contributed by atoms with Gasteiger partial charge in [-0.2, -0.15) is 0 Å². The minimum absolute atomic E-state index is 0.151. The van der Waals surface area contributed by atoms with Crippen molar-refractivity contribution in [2.45, 2.75) is 19.3 Å². The van der Waals surface area contributed by atoms with Crippen LogP contribution in [-0.4, -0.2) is 41.8 Å². The van der Waals surface area contributed by atoms with Crippen molar-refractivity contribution in [3.8, 4) is 0 Å². The van der Waals surface area contributed by atoms with Gasteiger partial charge in [0.2, 0.25) is 5.96 Å². The normalized spacial score (nSPS) is 16.1. The topological polar surface area (TPSA) is 74.2 Å². The quantitative estimate of drug-likeness (QED) is 0.743. The summed E-state index contributed by atoms with van der Waals surface area (Å²) in [7, 11) is 0. The lowest BCUT2D eigenvalue weighted by atomic mass is 10.2. The molecule has 2 rings (SSSR count). The van der Waals surface area contributed by atoms with Crippen LogP contribution in [0.4, 0.5) is 5.69 Å². The lowest BCUT2D eigenvalue weighted by Crippen LogP contribution is -2.30. The second kappa shape index (κ2) is 8.22. The average Bonchev–Trinajstić information content (AvgIpc) is 2.90. The fourth-order valence-electron chi connectivity index (χ4n) is 1.94. The molecule has 0 spiro atoms. The van der Waals surface area contributed by atoms with Gasteiger partial charge in [0, 0.05) is 13.0 Å². The van der Waals surface area contributed by atoms with Crippen molar-refractivity contribution >= 4 is 40.8 Å². The van der Waals surface area contributed by atoms with Crippen LogP contribution < -0.4 is 5.32 Å². The summed E-state index contributed by atoms with van der Waals surface area (Å²) in [5.74, 6) is -0.244. The smallest absolute Gasteiger partial charge is 0.303 e. The van der Waals surface area contributed by atoms with Crippen LogP contribution in [0, 0.1) is 0 Å². The van der Waals surface area contributed by atoms with Gasteiger partial charge in [0.1, 0.15) is 5.69 Å². The van der Waals surface area contributed by atoms with Crippen LogP contribution in [0.5, 0.6) is 0 Å². The first kappa shape index (κ1) is 16.9. The number of aliphatic imine (C=N–C) groups is 1. The molecule has 1 fully saturated rings. The number of halogens is 2. The summed E-state index contributed by atoms with van der Waals surface area (Å²) in [4.78, 5) is 20.5. The molecule has 1 aromatic carbocycles. The first-order valence-electron chi connectivity index (χ1n) is 6.97. The fourth-order valence-corrected chi connectivity index (χ4v) is 2.42. The maximum Gasteiger partial charge on any atom is 0.303 e. The van der Waals surface area contributed by atoms with Crippen LogP contribution in [0.25, 0.3) is 0 Å². The van der Waals surface area contributed by atoms with Crippen molar-refractivity contribution in [2.24, 2.45) is 4.99 Å². The van der Waals surface area contributed by atoms with E-state index in [-0.39, 0.29) is 6.42 Å². The van der Waals surface area contributed by atoms with Crippen LogP contribution in [0.3, 0.4) is 0 Å². The highest BCUT2D eigenvalue weighted by atomic mass is 35.5. The molecule has 0 amide bonds. The molecule has 1 aliphatic rings. The number of hydrogen-bond acceptors (Lipinski definition) is 3. The molecule has 6 nitrogen and oxygen atoms in total. The number of nitrogens with zero attached hydrogens (tertiary/aromatic N) is 2. The van der Waals surface area contributed by atoms with Crippen molar-refractivity contribution in [1.82, 2.24) is 10.4 Å². The summed E-state index contributed by atoms with van der Waals surface area (Å²) in [6, 6.07) is 5.20. The van der Waals surface area contributed by atoms with E-state index in [0.29, 0.717) is 54.2 Å². The fraction of sp³-hybridized carbons (Fsp3) is 0.429. The Bertz CT molecular complexity index is 546. The highest BCUT2D eigenvalue weighted by Crippen LogP contribution is 2.33. The maximum atomic E-state index is 10.4. The van der Waals surface area contributed by atoms with Gasteiger partial charge in [-0.05, 0) is 25.0 Å². The Morgan fingerprint density at radius 1 is 1.36 bits per heavy atom. The number of benzene rings is 1. The van der Waals surface area contributed by atoms with Crippen molar-refractivity contribution in [3.63, 3.8) is 0 Å². The molecule has 0 saturated carbocycles. The number of carboxylic acid groups (broad SMARTS) is 1.